The van der Waals surface area contributed by atoms with Crippen molar-refractivity contribution < 1.29 is 14.3 Å². The number of hydrogen-bond donors (Lipinski definition) is 1. The Morgan fingerprint density at radius 2 is 1.82 bits per heavy atom. The molecule has 0 bridgehead atoms. The van der Waals surface area contributed by atoms with Crippen LogP contribution in [0.3, 0.4) is 0 Å². The van der Waals surface area contributed by atoms with Gasteiger partial charge >= 0.3 is 0 Å². The molecule has 5 nitrogen and oxygen atoms in total. The molecule has 33 heavy (non-hydrogen) atoms. The van der Waals surface area contributed by atoms with Crippen LogP contribution in [0.4, 0.5) is 5.69 Å². The maximum atomic E-state index is 12.4. The molecule has 0 aromatic heterocycles. The monoisotopic (exact) mass is 498 g/mol. The van der Waals surface area contributed by atoms with Crippen molar-refractivity contribution in [3.63, 3.8) is 0 Å². The topological polar surface area (TPSA) is 59.9 Å². The van der Waals surface area contributed by atoms with E-state index >= 15 is 0 Å². The summed E-state index contributed by atoms with van der Waals surface area (Å²) in [5.74, 6) is 0.976. The molecule has 0 radical (unpaired) electrons. The highest BCUT2D eigenvalue weighted by Gasteiger charge is 2.24. The molecule has 1 amide bonds. The molecule has 1 N–H and O–H groups in total. The number of hydrogen-bond acceptors (Lipinski definition) is 5. The van der Waals surface area contributed by atoms with Gasteiger partial charge in [0.15, 0.2) is 16.7 Å². The summed E-state index contributed by atoms with van der Waals surface area (Å²) in [5, 5.41) is 4.46. The van der Waals surface area contributed by atoms with Gasteiger partial charge in [-0.1, -0.05) is 53.5 Å². The number of thioether (sulfide) groups is 1. The van der Waals surface area contributed by atoms with Crippen LogP contribution < -0.4 is 14.8 Å². The third-order valence-corrected chi connectivity index (χ3v) is 6.10. The minimum Gasteiger partial charge on any atom is -0.490 e. The van der Waals surface area contributed by atoms with Crippen LogP contribution in [-0.2, 0) is 11.4 Å². The van der Waals surface area contributed by atoms with Crippen LogP contribution >= 0.6 is 35.0 Å². The summed E-state index contributed by atoms with van der Waals surface area (Å²) in [6.45, 7) is 2.65. The quantitative estimate of drug-likeness (QED) is 0.361. The fraction of sp³-hybridized carbons (Fsp3) is 0.120. The number of carbonyl (C=O) groups excluding carboxylic acids is 1. The number of para-hydroxylation sites is 1. The summed E-state index contributed by atoms with van der Waals surface area (Å²) in [7, 11) is 0. The van der Waals surface area contributed by atoms with E-state index in [1.807, 2.05) is 61.5 Å². The Bertz CT molecular complexity index is 1230. The number of amides is 1. The Balaban J connectivity index is 1.51. The number of nitrogens with one attached hydrogen (secondary N) is 1. The average Bonchev–Trinajstić information content (AvgIpc) is 3.13. The number of rotatable bonds is 7. The molecule has 1 aliphatic rings. The van der Waals surface area contributed by atoms with Gasteiger partial charge in [-0.05, 0) is 66.7 Å². The van der Waals surface area contributed by atoms with Crippen LogP contribution in [0.15, 0.2) is 76.6 Å². The van der Waals surface area contributed by atoms with Crippen molar-refractivity contribution in [3.05, 3.63) is 92.8 Å². The van der Waals surface area contributed by atoms with Crippen molar-refractivity contribution in [1.82, 2.24) is 5.32 Å². The zero-order valence-corrected chi connectivity index (χ0v) is 20.0. The number of ether oxygens (including phenoxy) is 2. The molecule has 0 saturated carbocycles. The highest BCUT2D eigenvalue weighted by Crippen LogP contribution is 2.33. The second-order valence-corrected chi connectivity index (χ2v) is 8.86. The van der Waals surface area contributed by atoms with Crippen molar-refractivity contribution >= 4 is 57.8 Å². The van der Waals surface area contributed by atoms with Crippen LogP contribution in [0.25, 0.3) is 6.08 Å². The van der Waals surface area contributed by atoms with Crippen molar-refractivity contribution in [1.29, 1.82) is 0 Å². The van der Waals surface area contributed by atoms with E-state index in [9.17, 15) is 4.79 Å². The van der Waals surface area contributed by atoms with Crippen LogP contribution in [0.1, 0.15) is 18.1 Å². The molecular formula is C25H20Cl2N2O3S. The largest absolute Gasteiger partial charge is 0.490 e. The van der Waals surface area contributed by atoms with Crippen molar-refractivity contribution in [2.24, 2.45) is 4.99 Å². The molecule has 1 heterocycles. The molecule has 3 aromatic carbocycles. The number of benzene rings is 3. The third kappa shape index (κ3) is 6.11. The van der Waals surface area contributed by atoms with E-state index in [4.69, 9.17) is 32.7 Å². The first-order chi connectivity index (χ1) is 16.0. The lowest BCUT2D eigenvalue weighted by molar-refractivity contribution is -0.115. The molecule has 0 spiro atoms. The molecule has 1 saturated heterocycles. The van der Waals surface area contributed by atoms with E-state index in [1.165, 1.54) is 11.8 Å². The van der Waals surface area contributed by atoms with Crippen LogP contribution in [0.2, 0.25) is 10.0 Å². The van der Waals surface area contributed by atoms with Crippen molar-refractivity contribution in [2.75, 3.05) is 6.61 Å². The van der Waals surface area contributed by atoms with Crippen LogP contribution in [-0.4, -0.2) is 17.7 Å². The van der Waals surface area contributed by atoms with Crippen molar-refractivity contribution in [2.45, 2.75) is 13.5 Å². The van der Waals surface area contributed by atoms with Gasteiger partial charge < -0.3 is 14.8 Å². The Kier molecular flexibility index (Phi) is 7.60. The van der Waals surface area contributed by atoms with Gasteiger partial charge in [0.2, 0.25) is 0 Å². The van der Waals surface area contributed by atoms with E-state index in [0.717, 1.165) is 16.8 Å². The predicted octanol–water partition coefficient (Wildman–Crippen LogP) is 6.86. The highest BCUT2D eigenvalue weighted by atomic mass is 35.5. The molecular weight excluding hydrogens is 479 g/mol. The first kappa shape index (κ1) is 23.2. The first-order valence-electron chi connectivity index (χ1n) is 10.2. The minimum atomic E-state index is -0.189. The smallest absolute Gasteiger partial charge is 0.264 e. The van der Waals surface area contributed by atoms with Gasteiger partial charge in [-0.15, -0.1) is 0 Å². The van der Waals surface area contributed by atoms with Gasteiger partial charge in [-0.2, -0.15) is 0 Å². The van der Waals surface area contributed by atoms with Gasteiger partial charge in [-0.3, -0.25) is 4.79 Å². The lowest BCUT2D eigenvalue weighted by Crippen LogP contribution is -2.19. The Morgan fingerprint density at radius 3 is 2.58 bits per heavy atom. The summed E-state index contributed by atoms with van der Waals surface area (Å²) in [6.07, 6.45) is 1.80. The number of nitrogens with zero attached hydrogens (tertiary/aromatic N) is 1. The SMILES string of the molecule is CCOc1cc(/C=C2/SC(=Nc3ccccc3)NC2=O)ccc1OCc1ccc(Cl)cc1Cl. The van der Waals surface area contributed by atoms with E-state index in [1.54, 1.807) is 18.2 Å². The normalized spacial score (nSPS) is 15.7. The maximum absolute atomic E-state index is 12.4. The molecule has 8 heteroatoms. The van der Waals surface area contributed by atoms with E-state index < -0.39 is 0 Å². The summed E-state index contributed by atoms with van der Waals surface area (Å²) in [6, 6.07) is 20.3. The predicted molar refractivity (Wildman–Crippen MR) is 136 cm³/mol. The van der Waals surface area contributed by atoms with E-state index in [0.29, 0.717) is 38.2 Å². The number of halogens is 2. The fourth-order valence-corrected chi connectivity index (χ4v) is 4.35. The summed E-state index contributed by atoms with van der Waals surface area (Å²) in [4.78, 5) is 17.4. The lowest BCUT2D eigenvalue weighted by atomic mass is 10.2. The van der Waals surface area contributed by atoms with Gasteiger partial charge in [0, 0.05) is 15.6 Å². The van der Waals surface area contributed by atoms with Crippen LogP contribution in [0, 0.1) is 0 Å². The second-order valence-electron chi connectivity index (χ2n) is 6.98. The van der Waals surface area contributed by atoms with E-state index in [-0.39, 0.29) is 12.5 Å². The minimum absolute atomic E-state index is 0.189. The fourth-order valence-electron chi connectivity index (χ4n) is 3.05. The maximum Gasteiger partial charge on any atom is 0.264 e. The molecule has 1 fully saturated rings. The third-order valence-electron chi connectivity index (χ3n) is 4.60. The average molecular weight is 499 g/mol. The zero-order valence-electron chi connectivity index (χ0n) is 17.7. The Labute approximate surface area is 206 Å². The molecule has 4 rings (SSSR count). The number of amidine groups is 1. The van der Waals surface area contributed by atoms with E-state index in [2.05, 4.69) is 10.3 Å². The second kappa shape index (κ2) is 10.8. The van der Waals surface area contributed by atoms with Gasteiger partial charge in [0.1, 0.15) is 6.61 Å². The van der Waals surface area contributed by atoms with Crippen molar-refractivity contribution in [3.8, 4) is 11.5 Å². The van der Waals surface area contributed by atoms with Gasteiger partial charge in [-0.25, -0.2) is 4.99 Å². The molecule has 1 aliphatic heterocycles. The molecule has 0 aliphatic carbocycles. The number of aliphatic imine (C=N–C) groups is 1. The molecule has 0 atom stereocenters. The molecule has 3 aromatic rings. The lowest BCUT2D eigenvalue weighted by Gasteiger charge is -2.13. The highest BCUT2D eigenvalue weighted by molar-refractivity contribution is 8.18. The Morgan fingerprint density at radius 1 is 1.00 bits per heavy atom. The van der Waals surface area contributed by atoms with Gasteiger partial charge in [0.05, 0.1) is 17.2 Å². The molecule has 0 unspecified atom stereocenters. The number of carbonyl (C=O) groups is 1. The summed E-state index contributed by atoms with van der Waals surface area (Å²) < 4.78 is 11.7. The summed E-state index contributed by atoms with van der Waals surface area (Å²) in [5.41, 5.74) is 2.41. The standard InChI is InChI=1S/C25H20Cl2N2O3S/c1-2-31-22-12-16(8-11-21(22)32-15-17-9-10-18(26)14-20(17)27)13-23-24(30)29-25(33-23)28-19-6-4-3-5-7-19/h3-14H,2,15H2,1H3,(H,28,29,30)/b23-13+. The summed E-state index contributed by atoms with van der Waals surface area (Å²) >= 11 is 13.5. The Hall–Kier alpha value is -2.93. The molecule has 168 valence electrons. The first-order valence-corrected chi connectivity index (χ1v) is 11.8. The van der Waals surface area contributed by atoms with Crippen LogP contribution in [0.5, 0.6) is 11.5 Å². The van der Waals surface area contributed by atoms with Gasteiger partial charge in [0.25, 0.3) is 5.91 Å². The zero-order chi connectivity index (χ0) is 23.2.